The number of pyridine rings is 1. The number of aryl methyl sites for hydroxylation is 1. The van der Waals surface area contributed by atoms with Gasteiger partial charge in [-0.25, -0.2) is 4.98 Å². The summed E-state index contributed by atoms with van der Waals surface area (Å²) in [7, 11) is -1.23. The van der Waals surface area contributed by atoms with Crippen LogP contribution in [0.4, 0.5) is 5.69 Å². The smallest absolute Gasteiger partial charge is 0.197 e. The number of nitrogens with two attached hydrogens (primary N) is 1. The lowest BCUT2D eigenvalue weighted by Gasteiger charge is -2.00. The van der Waals surface area contributed by atoms with Crippen LogP contribution >= 0.6 is 0 Å². The van der Waals surface area contributed by atoms with E-state index in [4.69, 9.17) is 5.73 Å². The zero-order valence-corrected chi connectivity index (χ0v) is 11.8. The number of hydrogen-bond acceptors (Lipinski definition) is 4. The first-order chi connectivity index (χ1) is 9.61. The highest BCUT2D eigenvalue weighted by Gasteiger charge is 2.11. The van der Waals surface area contributed by atoms with Crippen molar-refractivity contribution >= 4 is 27.5 Å². The SMILES string of the molecule is Cc1cncc(CS(=O)c2nc3ccc(N)cc3[nH]2)c1. The average Bonchev–Trinajstić information content (AvgIpc) is 2.81. The fraction of sp³-hybridized carbons (Fsp3) is 0.143. The molecule has 102 valence electrons. The number of rotatable bonds is 3. The molecule has 3 aromatic rings. The number of aromatic amines is 1. The molecule has 5 nitrogen and oxygen atoms in total. The van der Waals surface area contributed by atoms with Gasteiger partial charge in [0.1, 0.15) is 0 Å². The van der Waals surface area contributed by atoms with Gasteiger partial charge in [0.05, 0.1) is 27.6 Å². The van der Waals surface area contributed by atoms with Gasteiger partial charge in [-0.3, -0.25) is 9.19 Å². The van der Waals surface area contributed by atoms with Gasteiger partial charge < -0.3 is 10.7 Å². The Balaban J connectivity index is 1.88. The number of aromatic nitrogens is 3. The van der Waals surface area contributed by atoms with Crippen molar-refractivity contribution < 1.29 is 4.21 Å². The summed E-state index contributed by atoms with van der Waals surface area (Å²) in [5.41, 5.74) is 9.93. The van der Waals surface area contributed by atoms with Crippen LogP contribution in [0, 0.1) is 6.92 Å². The molecule has 0 spiro atoms. The van der Waals surface area contributed by atoms with E-state index in [1.807, 2.05) is 19.1 Å². The van der Waals surface area contributed by atoms with Gasteiger partial charge in [0.25, 0.3) is 0 Å². The number of fused-ring (bicyclic) bond motifs is 1. The second kappa shape index (κ2) is 5.05. The van der Waals surface area contributed by atoms with E-state index in [1.54, 1.807) is 24.5 Å². The van der Waals surface area contributed by atoms with E-state index in [0.717, 1.165) is 22.2 Å². The Morgan fingerprint density at radius 3 is 2.95 bits per heavy atom. The summed E-state index contributed by atoms with van der Waals surface area (Å²) >= 11 is 0. The number of imidazole rings is 1. The van der Waals surface area contributed by atoms with E-state index in [-0.39, 0.29) is 0 Å². The van der Waals surface area contributed by atoms with Crippen molar-refractivity contribution in [3.8, 4) is 0 Å². The van der Waals surface area contributed by atoms with Crippen LogP contribution in [-0.4, -0.2) is 19.2 Å². The molecule has 6 heteroatoms. The summed E-state index contributed by atoms with van der Waals surface area (Å²) in [5, 5.41) is 0.465. The molecule has 1 aromatic carbocycles. The van der Waals surface area contributed by atoms with E-state index in [1.165, 1.54) is 0 Å². The number of nitrogens with zero attached hydrogens (tertiary/aromatic N) is 2. The fourth-order valence-corrected chi connectivity index (χ4v) is 3.05. The van der Waals surface area contributed by atoms with Crippen molar-refractivity contribution in [3.63, 3.8) is 0 Å². The Kier molecular flexibility index (Phi) is 3.23. The number of hydrogen-bond donors (Lipinski definition) is 2. The molecule has 0 aliphatic rings. The highest BCUT2D eigenvalue weighted by atomic mass is 32.2. The maximum absolute atomic E-state index is 12.3. The first-order valence-electron chi connectivity index (χ1n) is 6.16. The molecular formula is C14H14N4OS. The maximum atomic E-state index is 12.3. The summed E-state index contributed by atoms with van der Waals surface area (Å²) in [4.78, 5) is 11.5. The molecule has 3 rings (SSSR count). The first kappa shape index (κ1) is 12.8. The molecule has 0 saturated heterocycles. The Labute approximate surface area is 118 Å². The normalized spacial score (nSPS) is 12.7. The Morgan fingerprint density at radius 1 is 1.30 bits per heavy atom. The van der Waals surface area contributed by atoms with Crippen molar-refractivity contribution in [2.24, 2.45) is 0 Å². The number of nitrogen functional groups attached to an aromatic ring is 1. The molecule has 0 radical (unpaired) electrons. The third-order valence-electron chi connectivity index (χ3n) is 2.93. The van der Waals surface area contributed by atoms with Gasteiger partial charge in [-0.15, -0.1) is 0 Å². The third-order valence-corrected chi connectivity index (χ3v) is 4.15. The van der Waals surface area contributed by atoms with Crippen molar-refractivity contribution in [1.82, 2.24) is 15.0 Å². The number of benzene rings is 1. The van der Waals surface area contributed by atoms with Gasteiger partial charge in [-0.2, -0.15) is 0 Å². The van der Waals surface area contributed by atoms with E-state index >= 15 is 0 Å². The molecule has 1 atom stereocenters. The zero-order valence-electron chi connectivity index (χ0n) is 11.0. The highest BCUT2D eigenvalue weighted by Crippen LogP contribution is 2.18. The van der Waals surface area contributed by atoms with Gasteiger partial charge in [0.15, 0.2) is 5.16 Å². The Morgan fingerprint density at radius 2 is 2.15 bits per heavy atom. The molecule has 1 unspecified atom stereocenters. The van der Waals surface area contributed by atoms with Crippen LogP contribution < -0.4 is 5.73 Å². The molecule has 0 bridgehead atoms. The monoisotopic (exact) mass is 286 g/mol. The minimum atomic E-state index is -1.23. The van der Waals surface area contributed by atoms with E-state index < -0.39 is 10.8 Å². The van der Waals surface area contributed by atoms with Crippen LogP contribution in [0.3, 0.4) is 0 Å². The molecule has 20 heavy (non-hydrogen) atoms. The predicted octanol–water partition coefficient (Wildman–Crippen LogP) is 2.16. The molecule has 0 fully saturated rings. The van der Waals surface area contributed by atoms with Crippen LogP contribution in [0.25, 0.3) is 11.0 Å². The van der Waals surface area contributed by atoms with Gasteiger partial charge in [-0.05, 0) is 36.2 Å². The summed E-state index contributed by atoms with van der Waals surface area (Å²) < 4.78 is 12.3. The lowest BCUT2D eigenvalue weighted by Crippen LogP contribution is -1.99. The van der Waals surface area contributed by atoms with E-state index in [9.17, 15) is 4.21 Å². The number of nitrogens with one attached hydrogen (secondary N) is 1. The van der Waals surface area contributed by atoms with E-state index in [0.29, 0.717) is 16.6 Å². The van der Waals surface area contributed by atoms with Crippen molar-refractivity contribution in [2.75, 3.05) is 5.73 Å². The zero-order chi connectivity index (χ0) is 14.1. The second-order valence-corrected chi connectivity index (χ2v) is 6.05. The van der Waals surface area contributed by atoms with Crippen molar-refractivity contribution in [2.45, 2.75) is 17.8 Å². The van der Waals surface area contributed by atoms with Gasteiger partial charge in [0, 0.05) is 18.1 Å². The van der Waals surface area contributed by atoms with Crippen LogP contribution in [0.15, 0.2) is 41.8 Å². The number of anilines is 1. The van der Waals surface area contributed by atoms with Crippen LogP contribution in [-0.2, 0) is 16.6 Å². The van der Waals surface area contributed by atoms with Gasteiger partial charge >= 0.3 is 0 Å². The van der Waals surface area contributed by atoms with E-state index in [2.05, 4.69) is 15.0 Å². The molecule has 0 amide bonds. The largest absolute Gasteiger partial charge is 0.399 e. The number of H-pyrrole nitrogens is 1. The molecule has 0 aliphatic carbocycles. The molecule has 0 saturated carbocycles. The summed E-state index contributed by atoms with van der Waals surface area (Å²) in [5.74, 6) is 0.393. The standard InChI is InChI=1S/C14H14N4OS/c1-9-4-10(7-16-6-9)8-20(19)14-17-12-3-2-11(15)5-13(12)18-14/h2-7H,8,15H2,1H3,(H,17,18). The fourth-order valence-electron chi connectivity index (χ4n) is 2.03. The van der Waals surface area contributed by atoms with Crippen LogP contribution in [0.5, 0.6) is 0 Å². The lowest BCUT2D eigenvalue weighted by molar-refractivity contribution is 0.677. The maximum Gasteiger partial charge on any atom is 0.197 e. The minimum Gasteiger partial charge on any atom is -0.399 e. The first-order valence-corrected chi connectivity index (χ1v) is 7.48. The highest BCUT2D eigenvalue weighted by molar-refractivity contribution is 7.84. The summed E-state index contributed by atoms with van der Waals surface area (Å²) in [6.45, 7) is 1.96. The predicted molar refractivity (Wildman–Crippen MR) is 79.6 cm³/mol. The van der Waals surface area contributed by atoms with Crippen LogP contribution in [0.2, 0.25) is 0 Å². The average molecular weight is 286 g/mol. The van der Waals surface area contributed by atoms with Crippen molar-refractivity contribution in [1.29, 1.82) is 0 Å². The summed E-state index contributed by atoms with van der Waals surface area (Å²) in [6.07, 6.45) is 3.50. The van der Waals surface area contributed by atoms with Gasteiger partial charge in [0.2, 0.25) is 0 Å². The Hall–Kier alpha value is -2.21. The van der Waals surface area contributed by atoms with Crippen molar-refractivity contribution in [3.05, 3.63) is 47.8 Å². The molecular weight excluding hydrogens is 272 g/mol. The third kappa shape index (κ3) is 2.55. The Bertz CT molecular complexity index is 797. The minimum absolute atomic E-state index is 0.393. The lowest BCUT2D eigenvalue weighted by atomic mass is 10.2. The molecule has 2 aromatic heterocycles. The second-order valence-electron chi connectivity index (χ2n) is 4.68. The molecule has 0 aliphatic heterocycles. The summed E-state index contributed by atoms with van der Waals surface area (Å²) in [6, 6.07) is 7.36. The quantitative estimate of drug-likeness (QED) is 0.723. The van der Waals surface area contributed by atoms with Gasteiger partial charge in [-0.1, -0.05) is 6.07 Å². The van der Waals surface area contributed by atoms with Crippen LogP contribution in [0.1, 0.15) is 11.1 Å². The topological polar surface area (TPSA) is 84.7 Å². The molecule has 3 N–H and O–H groups in total. The molecule has 2 heterocycles.